The number of carbonyl (C=O) groups is 1. The highest BCUT2D eigenvalue weighted by molar-refractivity contribution is 5.92. The highest BCUT2D eigenvalue weighted by Gasteiger charge is 2.04. The molecule has 2 heteroatoms. The van der Waals surface area contributed by atoms with Gasteiger partial charge in [0.1, 0.15) is 12.4 Å². The lowest BCUT2D eigenvalue weighted by molar-refractivity contribution is -0.114. The Balaban J connectivity index is 1.94. The maximum Gasteiger partial charge on any atom is 0.163 e. The molecule has 0 heterocycles. The average molecular weight is 200 g/mol. The molecule has 0 atom stereocenters. The summed E-state index contributed by atoms with van der Waals surface area (Å²) in [7, 11) is 0. The van der Waals surface area contributed by atoms with Gasteiger partial charge in [0.15, 0.2) is 5.78 Å². The number of allylic oxidation sites excluding steroid dienone is 3. The molecule has 76 valence electrons. The van der Waals surface area contributed by atoms with Gasteiger partial charge in [-0.25, -0.2) is 0 Å². The Labute approximate surface area is 88.9 Å². The second kappa shape index (κ2) is 4.60. The van der Waals surface area contributed by atoms with Crippen LogP contribution in [0, 0.1) is 0 Å². The van der Waals surface area contributed by atoms with Gasteiger partial charge in [-0.3, -0.25) is 4.79 Å². The van der Waals surface area contributed by atoms with Gasteiger partial charge in [-0.1, -0.05) is 36.4 Å². The molecule has 0 amide bonds. The van der Waals surface area contributed by atoms with Crippen LogP contribution in [0.25, 0.3) is 0 Å². The van der Waals surface area contributed by atoms with Gasteiger partial charge < -0.3 is 4.74 Å². The third-order valence-electron chi connectivity index (χ3n) is 2.15. The number of hydrogen-bond donors (Lipinski definition) is 0. The predicted molar refractivity (Wildman–Crippen MR) is 58.1 cm³/mol. The van der Waals surface area contributed by atoms with E-state index in [-0.39, 0.29) is 5.78 Å². The fraction of sp³-hybridized carbons (Fsp3) is 0.154. The van der Waals surface area contributed by atoms with Crippen molar-refractivity contribution in [2.24, 2.45) is 0 Å². The SMILES string of the molecule is O=C1C=C(OCc2ccccc2)C=CC1. The summed E-state index contributed by atoms with van der Waals surface area (Å²) < 4.78 is 5.49. The van der Waals surface area contributed by atoms with E-state index >= 15 is 0 Å². The molecule has 0 spiro atoms. The number of carbonyl (C=O) groups excluding carboxylic acids is 1. The molecule has 0 unspecified atom stereocenters. The molecule has 1 aromatic rings. The molecule has 2 nitrogen and oxygen atoms in total. The van der Waals surface area contributed by atoms with Gasteiger partial charge in [-0.05, 0) is 11.6 Å². The minimum Gasteiger partial charge on any atom is -0.489 e. The second-order valence-electron chi connectivity index (χ2n) is 3.39. The number of hydrogen-bond acceptors (Lipinski definition) is 2. The van der Waals surface area contributed by atoms with Gasteiger partial charge in [-0.15, -0.1) is 0 Å². The summed E-state index contributed by atoms with van der Waals surface area (Å²) >= 11 is 0. The zero-order valence-corrected chi connectivity index (χ0v) is 8.35. The standard InChI is InChI=1S/C13H12O2/c14-12-7-4-8-13(9-12)15-10-11-5-2-1-3-6-11/h1-6,8-9H,7,10H2. The summed E-state index contributed by atoms with van der Waals surface area (Å²) in [5, 5.41) is 0. The van der Waals surface area contributed by atoms with Gasteiger partial charge in [-0.2, -0.15) is 0 Å². The van der Waals surface area contributed by atoms with E-state index in [1.807, 2.05) is 42.5 Å². The van der Waals surface area contributed by atoms with Crippen molar-refractivity contribution in [3.8, 4) is 0 Å². The molecule has 0 aromatic heterocycles. The fourth-order valence-electron chi connectivity index (χ4n) is 1.39. The number of rotatable bonds is 3. The molecule has 0 aliphatic heterocycles. The Morgan fingerprint density at radius 2 is 2.00 bits per heavy atom. The quantitative estimate of drug-likeness (QED) is 0.749. The van der Waals surface area contributed by atoms with Gasteiger partial charge in [0, 0.05) is 12.5 Å². The van der Waals surface area contributed by atoms with Crippen molar-refractivity contribution in [1.29, 1.82) is 0 Å². The van der Waals surface area contributed by atoms with Gasteiger partial charge in [0.2, 0.25) is 0 Å². The third-order valence-corrected chi connectivity index (χ3v) is 2.15. The van der Waals surface area contributed by atoms with Crippen molar-refractivity contribution in [3.05, 3.63) is 59.9 Å². The van der Waals surface area contributed by atoms with Crippen molar-refractivity contribution < 1.29 is 9.53 Å². The van der Waals surface area contributed by atoms with E-state index in [0.717, 1.165) is 5.56 Å². The maximum atomic E-state index is 11.1. The summed E-state index contributed by atoms with van der Waals surface area (Å²) in [6.45, 7) is 0.504. The monoisotopic (exact) mass is 200 g/mol. The van der Waals surface area contributed by atoms with Crippen LogP contribution >= 0.6 is 0 Å². The molecule has 1 aliphatic carbocycles. The molecule has 0 N–H and O–H groups in total. The van der Waals surface area contributed by atoms with Crippen molar-refractivity contribution in [2.45, 2.75) is 13.0 Å². The number of ether oxygens (including phenoxy) is 1. The first kappa shape index (κ1) is 9.71. The minimum absolute atomic E-state index is 0.0977. The Hall–Kier alpha value is -1.83. The lowest BCUT2D eigenvalue weighted by Gasteiger charge is -2.09. The first-order chi connectivity index (χ1) is 7.34. The first-order valence-corrected chi connectivity index (χ1v) is 4.92. The van der Waals surface area contributed by atoms with Crippen LogP contribution in [0.15, 0.2) is 54.3 Å². The van der Waals surface area contributed by atoms with Gasteiger partial charge in [0.05, 0.1) is 0 Å². The molecule has 0 bridgehead atoms. The van der Waals surface area contributed by atoms with Crippen LogP contribution in [-0.2, 0) is 16.1 Å². The highest BCUT2D eigenvalue weighted by Crippen LogP contribution is 2.11. The van der Waals surface area contributed by atoms with Crippen LogP contribution in [0.1, 0.15) is 12.0 Å². The van der Waals surface area contributed by atoms with Crippen LogP contribution in [0.3, 0.4) is 0 Å². The lowest BCUT2D eigenvalue weighted by Crippen LogP contribution is -2.00. The van der Waals surface area contributed by atoms with Gasteiger partial charge >= 0.3 is 0 Å². The van der Waals surface area contributed by atoms with E-state index in [2.05, 4.69) is 0 Å². The van der Waals surface area contributed by atoms with Crippen molar-refractivity contribution in [3.63, 3.8) is 0 Å². The van der Waals surface area contributed by atoms with Crippen molar-refractivity contribution >= 4 is 5.78 Å². The molecular weight excluding hydrogens is 188 g/mol. The summed E-state index contributed by atoms with van der Waals surface area (Å²) in [5.41, 5.74) is 1.10. The van der Waals surface area contributed by atoms with Crippen LogP contribution in [0.2, 0.25) is 0 Å². The zero-order valence-electron chi connectivity index (χ0n) is 8.35. The topological polar surface area (TPSA) is 26.3 Å². The molecule has 15 heavy (non-hydrogen) atoms. The average Bonchev–Trinajstić information content (AvgIpc) is 2.28. The molecule has 2 rings (SSSR count). The normalized spacial score (nSPS) is 14.9. The molecule has 0 saturated carbocycles. The van der Waals surface area contributed by atoms with Crippen molar-refractivity contribution in [2.75, 3.05) is 0 Å². The Morgan fingerprint density at radius 3 is 2.73 bits per heavy atom. The summed E-state index contributed by atoms with van der Waals surface area (Å²) in [6.07, 6.45) is 5.69. The van der Waals surface area contributed by atoms with Crippen molar-refractivity contribution in [1.82, 2.24) is 0 Å². The van der Waals surface area contributed by atoms with Crippen LogP contribution in [-0.4, -0.2) is 5.78 Å². The van der Waals surface area contributed by atoms with E-state index < -0.39 is 0 Å². The molecule has 0 radical (unpaired) electrons. The van der Waals surface area contributed by atoms with Crippen LogP contribution in [0.5, 0.6) is 0 Å². The third kappa shape index (κ3) is 2.81. The molecule has 1 aliphatic rings. The van der Waals surface area contributed by atoms with Gasteiger partial charge in [0.25, 0.3) is 0 Å². The zero-order chi connectivity index (χ0) is 10.5. The Bertz CT molecular complexity index is 402. The molecule has 1 aromatic carbocycles. The molecule has 0 saturated heterocycles. The number of benzene rings is 1. The predicted octanol–water partition coefficient (Wildman–Crippen LogP) is 2.62. The molecule has 0 fully saturated rings. The summed E-state index contributed by atoms with van der Waals surface area (Å²) in [6, 6.07) is 9.89. The van der Waals surface area contributed by atoms with E-state index in [1.165, 1.54) is 0 Å². The maximum absolute atomic E-state index is 11.1. The fourth-order valence-corrected chi connectivity index (χ4v) is 1.39. The largest absolute Gasteiger partial charge is 0.489 e. The highest BCUT2D eigenvalue weighted by atomic mass is 16.5. The first-order valence-electron chi connectivity index (χ1n) is 4.92. The van der Waals surface area contributed by atoms with Crippen LogP contribution in [0.4, 0.5) is 0 Å². The summed E-state index contributed by atoms with van der Waals surface area (Å²) in [5.74, 6) is 0.746. The van der Waals surface area contributed by atoms with E-state index in [9.17, 15) is 4.79 Å². The lowest BCUT2D eigenvalue weighted by atomic mass is 10.1. The van der Waals surface area contributed by atoms with E-state index in [1.54, 1.807) is 6.08 Å². The minimum atomic E-state index is 0.0977. The Kier molecular flexibility index (Phi) is 2.98. The number of ketones is 1. The molecular formula is C13H12O2. The Morgan fingerprint density at radius 1 is 1.20 bits per heavy atom. The van der Waals surface area contributed by atoms with E-state index in [4.69, 9.17) is 4.74 Å². The van der Waals surface area contributed by atoms with Crippen LogP contribution < -0.4 is 0 Å². The van der Waals surface area contributed by atoms with E-state index in [0.29, 0.717) is 18.8 Å². The second-order valence-corrected chi connectivity index (χ2v) is 3.39. The summed E-state index contributed by atoms with van der Waals surface area (Å²) in [4.78, 5) is 11.1. The smallest absolute Gasteiger partial charge is 0.163 e.